The second-order valence-corrected chi connectivity index (χ2v) is 9.01. The van der Waals surface area contributed by atoms with Gasteiger partial charge in [0, 0.05) is 49.0 Å². The zero-order chi connectivity index (χ0) is 27.9. The summed E-state index contributed by atoms with van der Waals surface area (Å²) in [5.74, 6) is -0.156. The molecule has 11 heteroatoms. The Morgan fingerprint density at radius 1 is 0.950 bits per heavy atom. The van der Waals surface area contributed by atoms with Crippen molar-refractivity contribution in [2.24, 2.45) is 0 Å². The third-order valence-electron chi connectivity index (χ3n) is 5.99. The fourth-order valence-electron chi connectivity index (χ4n) is 3.98. The van der Waals surface area contributed by atoms with Gasteiger partial charge in [-0.1, -0.05) is 18.2 Å². The molecule has 4 aromatic rings. The van der Waals surface area contributed by atoms with Gasteiger partial charge in [0.25, 0.3) is 5.91 Å². The lowest BCUT2D eigenvalue weighted by molar-refractivity contribution is 0.0564. The van der Waals surface area contributed by atoms with Gasteiger partial charge in [-0.05, 0) is 48.9 Å². The van der Waals surface area contributed by atoms with Crippen LogP contribution >= 0.6 is 0 Å². The molecule has 0 bridgehead atoms. The standard InChI is InChI=1S/C29H27FN6O4/c1-19-15-23(28(37)34-20-5-3-2-4-6-20)27(32-18-19)33-21-7-8-25(24(30)16-21)40-22-9-10-31-26(17-22)35-29(38)36-11-13-39-14-12-36/h2-10,15-18H,11-14H2,1H3,(H,32,33)(H,34,37)(H,31,35,38). The average molecular weight is 543 g/mol. The predicted molar refractivity (Wildman–Crippen MR) is 149 cm³/mol. The SMILES string of the molecule is Cc1cnc(Nc2ccc(Oc3ccnc(NC(=O)N4CCOCC4)c3)c(F)c2)c(C(=O)Nc2ccccc2)c1. The Kier molecular flexibility index (Phi) is 8.12. The number of anilines is 4. The minimum Gasteiger partial charge on any atom is -0.454 e. The van der Waals surface area contributed by atoms with Crippen LogP contribution in [0.5, 0.6) is 11.5 Å². The number of pyridine rings is 2. The van der Waals surface area contributed by atoms with E-state index in [1.165, 1.54) is 24.4 Å². The van der Waals surface area contributed by atoms with E-state index >= 15 is 4.39 Å². The lowest BCUT2D eigenvalue weighted by Crippen LogP contribution is -2.43. The van der Waals surface area contributed by atoms with Gasteiger partial charge in [-0.3, -0.25) is 10.1 Å². The number of carbonyl (C=O) groups excluding carboxylic acids is 2. The van der Waals surface area contributed by atoms with E-state index in [1.54, 1.807) is 41.4 Å². The number of aromatic nitrogens is 2. The van der Waals surface area contributed by atoms with Crippen LogP contribution in [0.1, 0.15) is 15.9 Å². The van der Waals surface area contributed by atoms with Crippen LogP contribution < -0.4 is 20.7 Å². The summed E-state index contributed by atoms with van der Waals surface area (Å²) in [6.45, 7) is 3.78. The number of benzene rings is 2. The maximum Gasteiger partial charge on any atom is 0.323 e. The van der Waals surface area contributed by atoms with Gasteiger partial charge >= 0.3 is 6.03 Å². The fourth-order valence-corrected chi connectivity index (χ4v) is 3.98. The van der Waals surface area contributed by atoms with Crippen LogP contribution in [0.25, 0.3) is 0 Å². The number of ether oxygens (including phenoxy) is 2. The molecule has 5 rings (SSSR count). The van der Waals surface area contributed by atoms with Gasteiger partial charge in [0.15, 0.2) is 11.6 Å². The third-order valence-corrected chi connectivity index (χ3v) is 5.99. The Morgan fingerprint density at radius 2 is 1.75 bits per heavy atom. The van der Waals surface area contributed by atoms with Gasteiger partial charge in [-0.25, -0.2) is 19.2 Å². The summed E-state index contributed by atoms with van der Waals surface area (Å²) in [7, 11) is 0. The number of hydrogen-bond donors (Lipinski definition) is 3. The molecule has 0 spiro atoms. The van der Waals surface area contributed by atoms with E-state index in [1.807, 2.05) is 25.1 Å². The summed E-state index contributed by atoms with van der Waals surface area (Å²) < 4.78 is 26.0. The number of rotatable bonds is 7. The van der Waals surface area contributed by atoms with Crippen LogP contribution in [0.4, 0.5) is 32.2 Å². The molecule has 204 valence electrons. The molecule has 2 aromatic heterocycles. The van der Waals surface area contributed by atoms with Gasteiger partial charge in [-0.2, -0.15) is 0 Å². The molecule has 0 unspecified atom stereocenters. The molecule has 1 aliphatic heterocycles. The first-order chi connectivity index (χ1) is 19.4. The van der Waals surface area contributed by atoms with E-state index in [-0.39, 0.29) is 29.3 Å². The van der Waals surface area contributed by atoms with Crippen molar-refractivity contribution < 1.29 is 23.5 Å². The highest BCUT2D eigenvalue weighted by molar-refractivity contribution is 6.08. The number of carbonyl (C=O) groups is 2. The maximum absolute atomic E-state index is 15.0. The summed E-state index contributed by atoms with van der Waals surface area (Å²) in [4.78, 5) is 35.5. The van der Waals surface area contributed by atoms with Crippen LogP contribution in [0.2, 0.25) is 0 Å². The fraction of sp³-hybridized carbons (Fsp3) is 0.172. The summed E-state index contributed by atoms with van der Waals surface area (Å²) in [6.07, 6.45) is 3.08. The van der Waals surface area contributed by atoms with E-state index in [9.17, 15) is 9.59 Å². The van der Waals surface area contributed by atoms with Crippen molar-refractivity contribution >= 4 is 34.9 Å². The molecule has 3 amide bonds. The molecule has 0 aliphatic carbocycles. The van der Waals surface area contributed by atoms with Crippen molar-refractivity contribution in [1.82, 2.24) is 14.9 Å². The zero-order valence-electron chi connectivity index (χ0n) is 21.7. The average Bonchev–Trinajstić information content (AvgIpc) is 2.96. The van der Waals surface area contributed by atoms with Crippen LogP contribution in [0.15, 0.2) is 79.1 Å². The van der Waals surface area contributed by atoms with Crippen LogP contribution in [0.3, 0.4) is 0 Å². The molecule has 0 radical (unpaired) electrons. The van der Waals surface area contributed by atoms with Gasteiger partial charge in [-0.15, -0.1) is 0 Å². The van der Waals surface area contributed by atoms with E-state index < -0.39 is 5.82 Å². The number of morpholine rings is 1. The molecule has 40 heavy (non-hydrogen) atoms. The van der Waals surface area contributed by atoms with Crippen molar-refractivity contribution in [3.63, 3.8) is 0 Å². The number of nitrogens with one attached hydrogen (secondary N) is 3. The highest BCUT2D eigenvalue weighted by Crippen LogP contribution is 2.29. The molecular formula is C29H27FN6O4. The van der Waals surface area contributed by atoms with Gasteiger partial charge in [0.1, 0.15) is 17.4 Å². The molecular weight excluding hydrogens is 515 g/mol. The van der Waals surface area contributed by atoms with Crippen LogP contribution in [0, 0.1) is 12.7 Å². The topological polar surface area (TPSA) is 118 Å². The monoisotopic (exact) mass is 542 g/mol. The van der Waals surface area contributed by atoms with Crippen molar-refractivity contribution in [3.8, 4) is 11.5 Å². The largest absolute Gasteiger partial charge is 0.454 e. The highest BCUT2D eigenvalue weighted by atomic mass is 19.1. The van der Waals surface area contributed by atoms with E-state index in [4.69, 9.17) is 9.47 Å². The van der Waals surface area contributed by atoms with Crippen molar-refractivity contribution in [2.75, 3.05) is 42.3 Å². The summed E-state index contributed by atoms with van der Waals surface area (Å²) in [5, 5.41) is 8.58. The van der Waals surface area contributed by atoms with Crippen molar-refractivity contribution in [1.29, 1.82) is 0 Å². The van der Waals surface area contributed by atoms with Gasteiger partial charge in [0.2, 0.25) is 0 Å². The van der Waals surface area contributed by atoms with E-state index in [2.05, 4.69) is 25.9 Å². The van der Waals surface area contributed by atoms with Crippen LogP contribution in [-0.4, -0.2) is 53.1 Å². The predicted octanol–water partition coefficient (Wildman–Crippen LogP) is 5.58. The molecule has 1 aliphatic rings. The Bertz CT molecular complexity index is 1510. The second kappa shape index (κ2) is 12.2. The number of aryl methyl sites for hydroxylation is 1. The van der Waals surface area contributed by atoms with Crippen molar-refractivity contribution in [2.45, 2.75) is 6.92 Å². The molecule has 1 saturated heterocycles. The Hall–Kier alpha value is -5.03. The first-order valence-corrected chi connectivity index (χ1v) is 12.6. The smallest absolute Gasteiger partial charge is 0.323 e. The summed E-state index contributed by atoms with van der Waals surface area (Å²) >= 11 is 0. The minimum absolute atomic E-state index is 0.0267. The number of urea groups is 1. The molecule has 10 nitrogen and oxygen atoms in total. The quantitative estimate of drug-likeness (QED) is 0.279. The zero-order valence-corrected chi connectivity index (χ0v) is 21.7. The molecule has 0 saturated carbocycles. The number of halogens is 1. The number of para-hydroxylation sites is 1. The highest BCUT2D eigenvalue weighted by Gasteiger charge is 2.18. The molecule has 3 N–H and O–H groups in total. The molecule has 3 heterocycles. The lowest BCUT2D eigenvalue weighted by atomic mass is 10.1. The third kappa shape index (κ3) is 6.69. The normalized spacial score (nSPS) is 12.9. The minimum atomic E-state index is -0.636. The maximum atomic E-state index is 15.0. The van der Waals surface area contributed by atoms with Crippen molar-refractivity contribution in [3.05, 3.63) is 96.1 Å². The van der Waals surface area contributed by atoms with Gasteiger partial charge < -0.3 is 25.0 Å². The molecule has 2 aromatic carbocycles. The first kappa shape index (κ1) is 26.6. The number of nitrogens with zero attached hydrogens (tertiary/aromatic N) is 3. The van der Waals surface area contributed by atoms with E-state index in [0.29, 0.717) is 49.0 Å². The van der Waals surface area contributed by atoms with Gasteiger partial charge in [0.05, 0.1) is 18.8 Å². The van der Waals surface area contributed by atoms with E-state index in [0.717, 1.165) is 5.56 Å². The second-order valence-electron chi connectivity index (χ2n) is 9.01. The Morgan fingerprint density at radius 3 is 2.52 bits per heavy atom. The lowest BCUT2D eigenvalue weighted by Gasteiger charge is -2.26. The molecule has 0 atom stereocenters. The first-order valence-electron chi connectivity index (χ1n) is 12.6. The summed E-state index contributed by atoms with van der Waals surface area (Å²) in [6, 6.07) is 17.9. The number of hydrogen-bond acceptors (Lipinski definition) is 7. The summed E-state index contributed by atoms with van der Waals surface area (Å²) in [5.41, 5.74) is 2.14. The Labute approximate surface area is 230 Å². The van der Waals surface area contributed by atoms with Crippen LogP contribution in [-0.2, 0) is 4.74 Å². The molecule has 1 fully saturated rings. The number of amides is 3. The Balaban J connectivity index is 1.27.